The molecular formula is C20H23NO3S. The second-order valence-electron chi connectivity index (χ2n) is 5.56. The zero-order valence-electron chi connectivity index (χ0n) is 14.8. The van der Waals surface area contributed by atoms with E-state index in [1.54, 1.807) is 48.6 Å². The predicted octanol–water partition coefficient (Wildman–Crippen LogP) is 4.30. The van der Waals surface area contributed by atoms with Gasteiger partial charge in [0.2, 0.25) is 5.91 Å². The van der Waals surface area contributed by atoms with Gasteiger partial charge in [0.25, 0.3) is 0 Å². The van der Waals surface area contributed by atoms with Crippen LogP contribution in [0.25, 0.3) is 6.08 Å². The maximum atomic E-state index is 12.3. The number of amides is 1. The standard InChI is InChI=1S/C20H23NO3S/c1-5-11-24-17-8-6-16(13-18(17)23-4)7-9-20(22)21(3)14-19-15(2)10-12-25-19/h5-10,12-13H,1,11,14H2,2-4H3. The van der Waals surface area contributed by atoms with Gasteiger partial charge in [0.15, 0.2) is 11.5 Å². The molecule has 4 nitrogen and oxygen atoms in total. The van der Waals surface area contributed by atoms with E-state index in [1.807, 2.05) is 23.6 Å². The molecule has 0 atom stereocenters. The Kier molecular flexibility index (Phi) is 6.83. The molecule has 0 saturated heterocycles. The van der Waals surface area contributed by atoms with E-state index >= 15 is 0 Å². The van der Waals surface area contributed by atoms with Crippen LogP contribution in [0.2, 0.25) is 0 Å². The summed E-state index contributed by atoms with van der Waals surface area (Å²) in [5.74, 6) is 1.23. The first kappa shape index (κ1) is 18.8. The van der Waals surface area contributed by atoms with Gasteiger partial charge in [-0.3, -0.25) is 4.79 Å². The summed E-state index contributed by atoms with van der Waals surface area (Å²) >= 11 is 1.67. The van der Waals surface area contributed by atoms with Crippen LogP contribution in [0.1, 0.15) is 16.0 Å². The molecule has 0 spiro atoms. The normalized spacial score (nSPS) is 10.7. The molecule has 25 heavy (non-hydrogen) atoms. The van der Waals surface area contributed by atoms with Gasteiger partial charge in [0.05, 0.1) is 13.7 Å². The van der Waals surface area contributed by atoms with Crippen LogP contribution in [0.3, 0.4) is 0 Å². The van der Waals surface area contributed by atoms with E-state index in [9.17, 15) is 4.79 Å². The Morgan fingerprint density at radius 2 is 2.12 bits per heavy atom. The SMILES string of the molecule is C=CCOc1ccc(C=CC(=O)N(C)Cc2sccc2C)cc1OC. The fourth-order valence-corrected chi connectivity index (χ4v) is 3.17. The summed E-state index contributed by atoms with van der Waals surface area (Å²) < 4.78 is 10.9. The lowest BCUT2D eigenvalue weighted by Gasteiger charge is -2.14. The molecule has 0 unspecified atom stereocenters. The summed E-state index contributed by atoms with van der Waals surface area (Å²) in [6, 6.07) is 7.61. The lowest BCUT2D eigenvalue weighted by atomic mass is 10.2. The molecule has 2 aromatic rings. The van der Waals surface area contributed by atoms with Crippen molar-refractivity contribution in [2.45, 2.75) is 13.5 Å². The predicted molar refractivity (Wildman–Crippen MR) is 103 cm³/mol. The van der Waals surface area contributed by atoms with Crippen LogP contribution in [0.5, 0.6) is 11.5 Å². The summed E-state index contributed by atoms with van der Waals surface area (Å²) in [7, 11) is 3.39. The highest BCUT2D eigenvalue weighted by Gasteiger charge is 2.09. The summed E-state index contributed by atoms with van der Waals surface area (Å²) in [5.41, 5.74) is 2.09. The summed E-state index contributed by atoms with van der Waals surface area (Å²) in [5, 5.41) is 2.04. The number of nitrogens with zero attached hydrogens (tertiary/aromatic N) is 1. The Morgan fingerprint density at radius 1 is 1.32 bits per heavy atom. The van der Waals surface area contributed by atoms with Crippen LogP contribution in [-0.2, 0) is 11.3 Å². The Bertz CT molecular complexity index is 764. The van der Waals surface area contributed by atoms with Gasteiger partial charge in [0.1, 0.15) is 6.61 Å². The topological polar surface area (TPSA) is 38.8 Å². The van der Waals surface area contributed by atoms with E-state index in [1.165, 1.54) is 10.4 Å². The van der Waals surface area contributed by atoms with Crippen LogP contribution < -0.4 is 9.47 Å². The molecule has 1 aromatic heterocycles. The molecule has 0 fully saturated rings. The zero-order valence-corrected chi connectivity index (χ0v) is 15.6. The van der Waals surface area contributed by atoms with E-state index in [0.29, 0.717) is 24.7 Å². The number of aryl methyl sites for hydroxylation is 1. The van der Waals surface area contributed by atoms with Crippen molar-refractivity contribution in [3.8, 4) is 11.5 Å². The van der Waals surface area contributed by atoms with Crippen LogP contribution in [0, 0.1) is 6.92 Å². The Morgan fingerprint density at radius 3 is 2.76 bits per heavy atom. The smallest absolute Gasteiger partial charge is 0.246 e. The molecule has 5 heteroatoms. The lowest BCUT2D eigenvalue weighted by Crippen LogP contribution is -2.23. The van der Waals surface area contributed by atoms with Crippen molar-refractivity contribution in [1.29, 1.82) is 0 Å². The first-order valence-electron chi connectivity index (χ1n) is 7.93. The van der Waals surface area contributed by atoms with Crippen molar-refractivity contribution in [1.82, 2.24) is 4.90 Å². The number of rotatable bonds is 8. The van der Waals surface area contributed by atoms with Crippen molar-refractivity contribution in [3.63, 3.8) is 0 Å². The molecule has 0 aliphatic carbocycles. The van der Waals surface area contributed by atoms with Gasteiger partial charge in [-0.1, -0.05) is 18.7 Å². The molecule has 0 saturated carbocycles. The third kappa shape index (κ3) is 5.22. The highest BCUT2D eigenvalue weighted by molar-refractivity contribution is 7.10. The molecule has 1 heterocycles. The van der Waals surface area contributed by atoms with E-state index in [-0.39, 0.29) is 5.91 Å². The number of thiophene rings is 1. The first-order valence-corrected chi connectivity index (χ1v) is 8.81. The number of hydrogen-bond donors (Lipinski definition) is 0. The van der Waals surface area contributed by atoms with Gasteiger partial charge >= 0.3 is 0 Å². The summed E-state index contributed by atoms with van der Waals surface area (Å²) in [6.07, 6.45) is 5.03. The van der Waals surface area contributed by atoms with E-state index in [4.69, 9.17) is 9.47 Å². The van der Waals surface area contributed by atoms with Gasteiger partial charge < -0.3 is 14.4 Å². The average Bonchev–Trinajstić information content (AvgIpc) is 3.02. The monoisotopic (exact) mass is 357 g/mol. The van der Waals surface area contributed by atoms with Gasteiger partial charge in [-0.05, 0) is 47.7 Å². The third-order valence-electron chi connectivity index (χ3n) is 3.69. The van der Waals surface area contributed by atoms with Crippen molar-refractivity contribution in [2.75, 3.05) is 20.8 Å². The number of likely N-dealkylation sites (N-methyl/N-ethyl adjacent to an activating group) is 1. The van der Waals surface area contributed by atoms with Crippen molar-refractivity contribution in [3.05, 3.63) is 64.4 Å². The Balaban J connectivity index is 2.03. The molecule has 0 radical (unpaired) electrons. The lowest BCUT2D eigenvalue weighted by molar-refractivity contribution is -0.125. The van der Waals surface area contributed by atoms with Crippen LogP contribution in [-0.4, -0.2) is 31.6 Å². The van der Waals surface area contributed by atoms with E-state index in [0.717, 1.165) is 5.56 Å². The largest absolute Gasteiger partial charge is 0.493 e. The Labute approximate surface area is 153 Å². The van der Waals surface area contributed by atoms with Crippen molar-refractivity contribution < 1.29 is 14.3 Å². The van der Waals surface area contributed by atoms with Gasteiger partial charge in [0, 0.05) is 18.0 Å². The molecule has 0 N–H and O–H groups in total. The molecule has 0 aliphatic heterocycles. The number of methoxy groups -OCH3 is 1. The second-order valence-corrected chi connectivity index (χ2v) is 6.57. The van der Waals surface area contributed by atoms with Crippen LogP contribution >= 0.6 is 11.3 Å². The van der Waals surface area contributed by atoms with Crippen molar-refractivity contribution >= 4 is 23.3 Å². The minimum Gasteiger partial charge on any atom is -0.493 e. The summed E-state index contributed by atoms with van der Waals surface area (Å²) in [4.78, 5) is 15.2. The number of ether oxygens (including phenoxy) is 2. The summed E-state index contributed by atoms with van der Waals surface area (Å²) in [6.45, 7) is 6.71. The molecule has 0 aliphatic rings. The van der Waals surface area contributed by atoms with Gasteiger partial charge in [-0.15, -0.1) is 11.3 Å². The molecular weight excluding hydrogens is 334 g/mol. The number of carbonyl (C=O) groups is 1. The number of carbonyl (C=O) groups excluding carboxylic acids is 1. The minimum absolute atomic E-state index is 0.0428. The maximum Gasteiger partial charge on any atom is 0.246 e. The van der Waals surface area contributed by atoms with Gasteiger partial charge in [-0.25, -0.2) is 0 Å². The zero-order chi connectivity index (χ0) is 18.2. The number of hydrogen-bond acceptors (Lipinski definition) is 4. The average molecular weight is 357 g/mol. The molecule has 132 valence electrons. The van der Waals surface area contributed by atoms with E-state index in [2.05, 4.69) is 19.6 Å². The van der Waals surface area contributed by atoms with E-state index < -0.39 is 0 Å². The number of benzene rings is 1. The first-order chi connectivity index (χ1) is 12.0. The molecule has 0 bridgehead atoms. The fourth-order valence-electron chi connectivity index (χ4n) is 2.21. The van der Waals surface area contributed by atoms with Gasteiger partial charge in [-0.2, -0.15) is 0 Å². The fraction of sp³-hybridized carbons (Fsp3) is 0.250. The molecule has 2 rings (SSSR count). The van der Waals surface area contributed by atoms with Crippen LogP contribution in [0.4, 0.5) is 0 Å². The highest BCUT2D eigenvalue weighted by Crippen LogP contribution is 2.28. The quantitative estimate of drug-likeness (QED) is 0.522. The van der Waals surface area contributed by atoms with Crippen LogP contribution in [0.15, 0.2) is 48.4 Å². The maximum absolute atomic E-state index is 12.3. The Hall–Kier alpha value is -2.53. The third-order valence-corrected chi connectivity index (χ3v) is 4.70. The minimum atomic E-state index is -0.0428. The molecule has 1 aromatic carbocycles. The highest BCUT2D eigenvalue weighted by atomic mass is 32.1. The second kappa shape index (κ2) is 9.08. The molecule has 1 amide bonds. The van der Waals surface area contributed by atoms with Crippen molar-refractivity contribution in [2.24, 2.45) is 0 Å².